The maximum atomic E-state index is 10.5. The monoisotopic (exact) mass is 340 g/mol. The summed E-state index contributed by atoms with van der Waals surface area (Å²) < 4.78 is 0. The third kappa shape index (κ3) is 4.84. The van der Waals surface area contributed by atoms with Gasteiger partial charge in [-0.1, -0.05) is 62.4 Å². The second-order valence-electron chi connectivity index (χ2n) is 6.83. The van der Waals surface area contributed by atoms with Crippen molar-refractivity contribution >= 4 is 12.6 Å². The van der Waals surface area contributed by atoms with Crippen molar-refractivity contribution in [1.29, 1.82) is 0 Å². The van der Waals surface area contributed by atoms with Crippen LogP contribution in [0.3, 0.4) is 0 Å². The number of aliphatic hydroxyl groups excluding tert-OH is 2. The fourth-order valence-electron chi connectivity index (χ4n) is 2.86. The number of aliphatic hydroxyl groups is 2. The van der Waals surface area contributed by atoms with Crippen LogP contribution in [0, 0.1) is 0 Å². The highest BCUT2D eigenvalue weighted by Gasteiger charge is 2.23. The first-order valence-corrected chi connectivity index (χ1v) is 8.32. The van der Waals surface area contributed by atoms with Gasteiger partial charge in [-0.2, -0.15) is 0 Å². The Morgan fingerprint density at radius 2 is 1.08 bits per heavy atom. The van der Waals surface area contributed by atoms with Gasteiger partial charge in [0, 0.05) is 18.3 Å². The number of carbonyl (C=O) groups excluding carboxylic acids is 2. The lowest BCUT2D eigenvalue weighted by molar-refractivity contribution is -0.115. The average Bonchev–Trinajstić information content (AvgIpc) is 2.62. The van der Waals surface area contributed by atoms with Crippen molar-refractivity contribution < 1.29 is 19.8 Å². The minimum absolute atomic E-state index is 0.219. The van der Waals surface area contributed by atoms with E-state index in [1.165, 1.54) is 0 Å². The Hall–Kier alpha value is -2.30. The second-order valence-corrected chi connectivity index (χ2v) is 6.83. The molecule has 2 aromatic carbocycles. The van der Waals surface area contributed by atoms with Gasteiger partial charge in [0.05, 0.1) is 0 Å². The summed E-state index contributed by atoms with van der Waals surface area (Å²) in [5.41, 5.74) is 3.86. The van der Waals surface area contributed by atoms with E-state index >= 15 is 0 Å². The fraction of sp³-hybridized carbons (Fsp3) is 0.333. The summed E-state index contributed by atoms with van der Waals surface area (Å²) in [7, 11) is 0. The second kappa shape index (κ2) is 8.19. The molecule has 2 aromatic rings. The summed E-state index contributed by atoms with van der Waals surface area (Å²) in [4.78, 5) is 21.1. The Morgan fingerprint density at radius 3 is 1.36 bits per heavy atom. The van der Waals surface area contributed by atoms with Gasteiger partial charge in [0.15, 0.2) is 0 Å². The number of carbonyl (C=O) groups is 2. The van der Waals surface area contributed by atoms with E-state index in [9.17, 15) is 19.8 Å². The molecule has 0 spiro atoms. The lowest BCUT2D eigenvalue weighted by Crippen LogP contribution is -2.19. The van der Waals surface area contributed by atoms with E-state index in [1.807, 2.05) is 48.5 Å². The Morgan fingerprint density at radius 1 is 0.760 bits per heavy atom. The van der Waals surface area contributed by atoms with E-state index in [0.29, 0.717) is 25.4 Å². The number of hydrogen-bond donors (Lipinski definition) is 2. The SMILES string of the molecule is CC(C)(c1ccc(CC(O)C=O)cc1)c1ccc(CC(O)C=O)cc1. The van der Waals surface area contributed by atoms with Gasteiger partial charge in [-0.15, -0.1) is 0 Å². The smallest absolute Gasteiger partial charge is 0.148 e. The molecule has 132 valence electrons. The Balaban J connectivity index is 2.17. The van der Waals surface area contributed by atoms with E-state index in [2.05, 4.69) is 13.8 Å². The molecule has 25 heavy (non-hydrogen) atoms. The molecule has 0 saturated heterocycles. The average molecular weight is 340 g/mol. The van der Waals surface area contributed by atoms with Gasteiger partial charge in [0.1, 0.15) is 24.8 Å². The van der Waals surface area contributed by atoms with Crippen molar-refractivity contribution in [2.24, 2.45) is 0 Å². The largest absolute Gasteiger partial charge is 0.385 e. The van der Waals surface area contributed by atoms with Crippen LogP contribution in [-0.2, 0) is 27.8 Å². The van der Waals surface area contributed by atoms with E-state index < -0.39 is 12.2 Å². The molecule has 0 aliphatic carbocycles. The first kappa shape index (κ1) is 19.0. The molecule has 2 N–H and O–H groups in total. The third-order valence-electron chi connectivity index (χ3n) is 4.56. The van der Waals surface area contributed by atoms with Crippen LogP contribution in [0.2, 0.25) is 0 Å². The number of hydrogen-bond acceptors (Lipinski definition) is 4. The predicted molar refractivity (Wildman–Crippen MR) is 96.6 cm³/mol. The molecule has 4 heteroatoms. The van der Waals surface area contributed by atoms with Crippen molar-refractivity contribution in [3.8, 4) is 0 Å². The van der Waals surface area contributed by atoms with Gasteiger partial charge in [0.25, 0.3) is 0 Å². The van der Waals surface area contributed by atoms with Crippen molar-refractivity contribution in [3.63, 3.8) is 0 Å². The van der Waals surface area contributed by atoms with Crippen molar-refractivity contribution in [1.82, 2.24) is 0 Å². The van der Waals surface area contributed by atoms with Crippen LogP contribution in [0.25, 0.3) is 0 Å². The van der Waals surface area contributed by atoms with Gasteiger partial charge >= 0.3 is 0 Å². The van der Waals surface area contributed by atoms with Crippen LogP contribution in [0.4, 0.5) is 0 Å². The molecular weight excluding hydrogens is 316 g/mol. The molecule has 0 amide bonds. The van der Waals surface area contributed by atoms with E-state index in [1.54, 1.807) is 0 Å². The Labute approximate surface area is 148 Å². The zero-order chi connectivity index (χ0) is 18.4. The van der Waals surface area contributed by atoms with Crippen molar-refractivity contribution in [2.75, 3.05) is 0 Å². The summed E-state index contributed by atoms with van der Waals surface area (Å²) in [5.74, 6) is 0. The van der Waals surface area contributed by atoms with Gasteiger partial charge in [0.2, 0.25) is 0 Å². The van der Waals surface area contributed by atoms with E-state index in [4.69, 9.17) is 0 Å². The van der Waals surface area contributed by atoms with Crippen LogP contribution in [0.15, 0.2) is 48.5 Å². The standard InChI is InChI=1S/C21H24O4/c1-21(2,17-7-3-15(4-8-17)11-19(24)13-22)18-9-5-16(6-10-18)12-20(25)14-23/h3-10,13-14,19-20,24-25H,11-12H2,1-2H3. The molecule has 0 fully saturated rings. The Kier molecular flexibility index (Phi) is 6.23. The van der Waals surface area contributed by atoms with Gasteiger partial charge < -0.3 is 19.8 Å². The molecule has 4 nitrogen and oxygen atoms in total. The van der Waals surface area contributed by atoms with Crippen LogP contribution in [0.1, 0.15) is 36.1 Å². The molecule has 2 atom stereocenters. The zero-order valence-corrected chi connectivity index (χ0v) is 14.6. The maximum Gasteiger partial charge on any atom is 0.148 e. The molecule has 0 aliphatic heterocycles. The van der Waals surface area contributed by atoms with Crippen LogP contribution in [0.5, 0.6) is 0 Å². The van der Waals surface area contributed by atoms with Crippen LogP contribution in [-0.4, -0.2) is 35.0 Å². The molecule has 0 bridgehead atoms. The topological polar surface area (TPSA) is 74.6 Å². The molecule has 2 unspecified atom stereocenters. The summed E-state index contributed by atoms with van der Waals surface area (Å²) in [6.07, 6.45) is -0.209. The Bertz CT molecular complexity index is 640. The highest BCUT2D eigenvalue weighted by Crippen LogP contribution is 2.32. The summed E-state index contributed by atoms with van der Waals surface area (Å²) in [5, 5.41) is 18.8. The third-order valence-corrected chi connectivity index (χ3v) is 4.56. The molecular formula is C21H24O4. The van der Waals surface area contributed by atoms with Crippen molar-refractivity contribution in [3.05, 3.63) is 70.8 Å². The molecule has 0 aromatic heterocycles. The highest BCUT2D eigenvalue weighted by atomic mass is 16.3. The zero-order valence-electron chi connectivity index (χ0n) is 14.6. The molecule has 0 aliphatic rings. The molecule has 0 saturated carbocycles. The minimum Gasteiger partial charge on any atom is -0.385 e. The molecule has 0 heterocycles. The van der Waals surface area contributed by atoms with E-state index in [-0.39, 0.29) is 5.41 Å². The maximum absolute atomic E-state index is 10.5. The van der Waals surface area contributed by atoms with Gasteiger partial charge in [-0.25, -0.2) is 0 Å². The lowest BCUT2D eigenvalue weighted by atomic mass is 9.77. The van der Waals surface area contributed by atoms with Gasteiger partial charge in [-0.05, 0) is 22.3 Å². The predicted octanol–water partition coefficient (Wildman–Crippen LogP) is 2.22. The van der Waals surface area contributed by atoms with Crippen LogP contribution >= 0.6 is 0 Å². The lowest BCUT2D eigenvalue weighted by Gasteiger charge is -2.26. The molecule has 2 rings (SSSR count). The number of aldehydes is 2. The first-order chi connectivity index (χ1) is 11.9. The minimum atomic E-state index is -0.965. The summed E-state index contributed by atoms with van der Waals surface area (Å²) >= 11 is 0. The summed E-state index contributed by atoms with van der Waals surface area (Å²) in [6.45, 7) is 4.25. The van der Waals surface area contributed by atoms with Crippen LogP contribution < -0.4 is 0 Å². The summed E-state index contributed by atoms with van der Waals surface area (Å²) in [6, 6.07) is 15.8. The number of benzene rings is 2. The fourth-order valence-corrected chi connectivity index (χ4v) is 2.86. The number of rotatable bonds is 8. The molecule has 0 radical (unpaired) electrons. The normalized spacial score (nSPS) is 13.9. The highest BCUT2D eigenvalue weighted by molar-refractivity contribution is 5.57. The first-order valence-electron chi connectivity index (χ1n) is 8.32. The van der Waals surface area contributed by atoms with E-state index in [0.717, 1.165) is 22.3 Å². The van der Waals surface area contributed by atoms with Gasteiger partial charge in [-0.3, -0.25) is 0 Å². The van der Waals surface area contributed by atoms with Crippen molar-refractivity contribution in [2.45, 2.75) is 44.3 Å². The quantitative estimate of drug-likeness (QED) is 0.723.